The number of carbonyl (C=O) groups excluding carboxylic acids is 1. The predicted molar refractivity (Wildman–Crippen MR) is 120 cm³/mol. The Balaban J connectivity index is 2.08. The summed E-state index contributed by atoms with van der Waals surface area (Å²) in [6, 6.07) is 12.5. The third-order valence-corrected chi connectivity index (χ3v) is 6.35. The van der Waals surface area contributed by atoms with Crippen LogP contribution in [0, 0.1) is 13.8 Å². The van der Waals surface area contributed by atoms with Crippen molar-refractivity contribution in [3.8, 4) is 0 Å². The average Bonchev–Trinajstić information content (AvgIpc) is 2.64. The summed E-state index contributed by atoms with van der Waals surface area (Å²) in [4.78, 5) is 12.8. The molecule has 1 N–H and O–H groups in total. The number of benzene rings is 2. The molecule has 0 radical (unpaired) electrons. The molecule has 2 aromatic rings. The van der Waals surface area contributed by atoms with Crippen LogP contribution in [-0.2, 0) is 21.2 Å². The van der Waals surface area contributed by atoms with E-state index in [-0.39, 0.29) is 5.91 Å². The van der Waals surface area contributed by atoms with E-state index in [1.807, 2.05) is 26.0 Å². The van der Waals surface area contributed by atoms with Crippen molar-refractivity contribution in [1.82, 2.24) is 5.32 Å². The fourth-order valence-corrected chi connectivity index (χ4v) is 4.65. The standard InChI is InChI=1S/C22H29ClN2O3S/c1-5-21(22(26)24-13-7-10-18-9-6-8-16(2)14-18)25(29(4,27)28)19-12-11-17(3)20(23)15-19/h6,8-9,11-12,14-15,21H,5,7,10,13H2,1-4H3,(H,24,26)/t21-/m0/s1. The van der Waals surface area contributed by atoms with E-state index in [1.165, 1.54) is 11.1 Å². The molecule has 5 nitrogen and oxygen atoms in total. The first-order valence-corrected chi connectivity index (χ1v) is 11.9. The lowest BCUT2D eigenvalue weighted by Gasteiger charge is -2.30. The van der Waals surface area contributed by atoms with Crippen molar-refractivity contribution < 1.29 is 13.2 Å². The summed E-state index contributed by atoms with van der Waals surface area (Å²) in [5.74, 6) is -0.307. The van der Waals surface area contributed by atoms with Crippen LogP contribution >= 0.6 is 11.6 Å². The summed E-state index contributed by atoms with van der Waals surface area (Å²) in [7, 11) is -3.67. The fourth-order valence-electron chi connectivity index (χ4n) is 3.27. The number of hydrogen-bond acceptors (Lipinski definition) is 3. The van der Waals surface area contributed by atoms with Crippen LogP contribution in [0.1, 0.15) is 36.5 Å². The quantitative estimate of drug-likeness (QED) is 0.597. The van der Waals surface area contributed by atoms with Gasteiger partial charge in [0, 0.05) is 11.6 Å². The van der Waals surface area contributed by atoms with Crippen molar-refractivity contribution in [3.63, 3.8) is 0 Å². The van der Waals surface area contributed by atoms with Crippen LogP contribution in [-0.4, -0.2) is 33.2 Å². The number of nitrogens with zero attached hydrogens (tertiary/aromatic N) is 1. The van der Waals surface area contributed by atoms with Gasteiger partial charge in [-0.2, -0.15) is 0 Å². The maximum Gasteiger partial charge on any atom is 0.243 e. The van der Waals surface area contributed by atoms with Crippen LogP contribution < -0.4 is 9.62 Å². The molecule has 2 rings (SSSR count). The monoisotopic (exact) mass is 436 g/mol. The highest BCUT2D eigenvalue weighted by molar-refractivity contribution is 7.92. The van der Waals surface area contributed by atoms with E-state index in [2.05, 4.69) is 17.4 Å². The first kappa shape index (κ1) is 23.2. The molecule has 29 heavy (non-hydrogen) atoms. The topological polar surface area (TPSA) is 66.5 Å². The van der Waals surface area contributed by atoms with E-state index in [0.29, 0.717) is 23.7 Å². The van der Waals surface area contributed by atoms with Gasteiger partial charge in [0.15, 0.2) is 0 Å². The smallest absolute Gasteiger partial charge is 0.243 e. The van der Waals surface area contributed by atoms with Gasteiger partial charge in [0.05, 0.1) is 11.9 Å². The van der Waals surface area contributed by atoms with Crippen LogP contribution in [0.15, 0.2) is 42.5 Å². The Morgan fingerprint density at radius 3 is 2.48 bits per heavy atom. The first-order chi connectivity index (χ1) is 13.6. The maximum atomic E-state index is 12.8. The number of halogens is 1. The van der Waals surface area contributed by atoms with Crippen molar-refractivity contribution in [2.75, 3.05) is 17.1 Å². The van der Waals surface area contributed by atoms with Gasteiger partial charge in [-0.1, -0.05) is 54.4 Å². The minimum atomic E-state index is -3.67. The van der Waals surface area contributed by atoms with Crippen molar-refractivity contribution in [2.45, 2.75) is 46.1 Å². The molecule has 158 valence electrons. The summed E-state index contributed by atoms with van der Waals surface area (Å²) in [6.07, 6.45) is 3.08. The molecular weight excluding hydrogens is 408 g/mol. The maximum absolute atomic E-state index is 12.8. The Hall–Kier alpha value is -2.05. The Bertz CT molecular complexity index is 960. The van der Waals surface area contributed by atoms with E-state index in [9.17, 15) is 13.2 Å². The van der Waals surface area contributed by atoms with E-state index in [0.717, 1.165) is 29.0 Å². The molecule has 0 aromatic heterocycles. The number of hydrogen-bond donors (Lipinski definition) is 1. The highest BCUT2D eigenvalue weighted by Gasteiger charge is 2.31. The lowest BCUT2D eigenvalue weighted by Crippen LogP contribution is -2.49. The number of sulfonamides is 1. The van der Waals surface area contributed by atoms with Crippen molar-refractivity contribution >= 4 is 33.2 Å². The minimum absolute atomic E-state index is 0.307. The number of nitrogens with one attached hydrogen (secondary N) is 1. The molecule has 0 fully saturated rings. The van der Waals surface area contributed by atoms with E-state index in [1.54, 1.807) is 25.1 Å². The summed E-state index contributed by atoms with van der Waals surface area (Å²) in [6.45, 7) is 6.17. The van der Waals surface area contributed by atoms with Gasteiger partial charge in [0.2, 0.25) is 15.9 Å². The molecule has 0 bridgehead atoms. The number of rotatable bonds is 9. The first-order valence-electron chi connectivity index (χ1n) is 9.72. The highest BCUT2D eigenvalue weighted by atomic mass is 35.5. The molecule has 0 aliphatic carbocycles. The largest absolute Gasteiger partial charge is 0.354 e. The fraction of sp³-hybridized carbons (Fsp3) is 0.409. The molecule has 1 amide bonds. The zero-order valence-corrected chi connectivity index (χ0v) is 19.0. The van der Waals surface area contributed by atoms with E-state index in [4.69, 9.17) is 11.6 Å². The number of amides is 1. The summed E-state index contributed by atoms with van der Waals surface area (Å²) in [5, 5.41) is 3.35. The molecule has 0 saturated carbocycles. The summed E-state index contributed by atoms with van der Waals surface area (Å²) in [5.41, 5.74) is 3.67. The van der Waals surface area contributed by atoms with Crippen molar-refractivity contribution in [2.24, 2.45) is 0 Å². The second kappa shape index (κ2) is 10.1. The molecule has 0 heterocycles. The third-order valence-electron chi connectivity index (χ3n) is 4.76. The zero-order valence-electron chi connectivity index (χ0n) is 17.4. The number of carbonyl (C=O) groups is 1. The van der Waals surface area contributed by atoms with Gasteiger partial charge < -0.3 is 5.32 Å². The Kier molecular flexibility index (Phi) is 8.11. The third kappa shape index (κ3) is 6.47. The molecular formula is C22H29ClN2O3S. The average molecular weight is 437 g/mol. The molecule has 0 aliphatic rings. The van der Waals surface area contributed by atoms with E-state index >= 15 is 0 Å². The molecule has 0 unspecified atom stereocenters. The second-order valence-corrected chi connectivity index (χ2v) is 9.57. The van der Waals surface area contributed by atoms with Gasteiger partial charge in [-0.3, -0.25) is 9.10 Å². The number of anilines is 1. The lowest BCUT2D eigenvalue weighted by atomic mass is 10.1. The lowest BCUT2D eigenvalue weighted by molar-refractivity contribution is -0.122. The Morgan fingerprint density at radius 1 is 1.17 bits per heavy atom. The van der Waals surface area contributed by atoms with Crippen LogP contribution in [0.4, 0.5) is 5.69 Å². The van der Waals surface area contributed by atoms with Crippen LogP contribution in [0.25, 0.3) is 0 Å². The summed E-state index contributed by atoms with van der Waals surface area (Å²) >= 11 is 6.19. The van der Waals surface area contributed by atoms with Crippen LogP contribution in [0.3, 0.4) is 0 Å². The second-order valence-electron chi connectivity index (χ2n) is 7.30. The zero-order chi connectivity index (χ0) is 21.6. The normalized spacial score (nSPS) is 12.4. The molecule has 2 aromatic carbocycles. The Labute approximate surface area is 179 Å². The predicted octanol–water partition coefficient (Wildman–Crippen LogP) is 4.25. The van der Waals surface area contributed by atoms with Gasteiger partial charge >= 0.3 is 0 Å². The molecule has 0 spiro atoms. The minimum Gasteiger partial charge on any atom is -0.354 e. The van der Waals surface area contributed by atoms with E-state index < -0.39 is 16.1 Å². The SMILES string of the molecule is CC[C@@H](C(=O)NCCCc1cccc(C)c1)N(c1ccc(C)c(Cl)c1)S(C)(=O)=O. The van der Waals surface area contributed by atoms with Crippen molar-refractivity contribution in [3.05, 3.63) is 64.2 Å². The number of aryl methyl sites for hydroxylation is 3. The van der Waals surface area contributed by atoms with Gasteiger partial charge in [0.25, 0.3) is 0 Å². The molecule has 0 saturated heterocycles. The van der Waals surface area contributed by atoms with Gasteiger partial charge in [-0.05, 0) is 56.4 Å². The molecule has 1 atom stereocenters. The highest BCUT2D eigenvalue weighted by Crippen LogP contribution is 2.27. The molecule has 7 heteroatoms. The van der Waals surface area contributed by atoms with Crippen LogP contribution in [0.5, 0.6) is 0 Å². The van der Waals surface area contributed by atoms with Gasteiger partial charge in [-0.25, -0.2) is 8.42 Å². The Morgan fingerprint density at radius 2 is 1.90 bits per heavy atom. The van der Waals surface area contributed by atoms with Crippen LogP contribution in [0.2, 0.25) is 5.02 Å². The van der Waals surface area contributed by atoms with Gasteiger partial charge in [-0.15, -0.1) is 0 Å². The molecule has 0 aliphatic heterocycles. The van der Waals surface area contributed by atoms with Gasteiger partial charge in [0.1, 0.15) is 6.04 Å². The summed E-state index contributed by atoms with van der Waals surface area (Å²) < 4.78 is 26.1. The van der Waals surface area contributed by atoms with Crippen molar-refractivity contribution in [1.29, 1.82) is 0 Å².